The molecule has 0 bridgehead atoms. The molecule has 0 radical (unpaired) electrons. The molecule has 0 saturated carbocycles. The fraction of sp³-hybridized carbons (Fsp3) is 0.500. The molecule has 0 atom stereocenters. The van der Waals surface area contributed by atoms with Crippen molar-refractivity contribution < 1.29 is 4.74 Å². The second-order valence-electron chi connectivity index (χ2n) is 4.42. The quantitative estimate of drug-likeness (QED) is 0.783. The van der Waals surface area contributed by atoms with Crippen molar-refractivity contribution >= 4 is 5.69 Å². The van der Waals surface area contributed by atoms with Crippen molar-refractivity contribution in [3.63, 3.8) is 0 Å². The van der Waals surface area contributed by atoms with E-state index in [1.165, 1.54) is 0 Å². The number of hydrogen-bond acceptors (Lipinski definition) is 3. The fourth-order valence-electron chi connectivity index (χ4n) is 1.79. The summed E-state index contributed by atoms with van der Waals surface area (Å²) in [7, 11) is 1.99. The summed E-state index contributed by atoms with van der Waals surface area (Å²) in [5.41, 5.74) is 2.84. The number of hydrogen-bond donors (Lipinski definition) is 0. The first-order chi connectivity index (χ1) is 8.06. The molecule has 0 saturated heterocycles. The zero-order chi connectivity index (χ0) is 12.8. The van der Waals surface area contributed by atoms with Gasteiger partial charge in [-0.05, 0) is 32.4 Å². The van der Waals surface area contributed by atoms with Crippen LogP contribution in [0.15, 0.2) is 18.2 Å². The van der Waals surface area contributed by atoms with Gasteiger partial charge in [-0.25, -0.2) is 0 Å². The molecular formula is C14H20N2O. The highest BCUT2D eigenvalue weighted by Gasteiger charge is 2.09. The standard InChI is InChI=1S/C14H20N2O/c1-11(2)17-9-8-16(4)14-12(3)6-5-7-13(14)10-15/h5-7,11H,8-9H2,1-4H3. The molecule has 3 nitrogen and oxygen atoms in total. The first-order valence-corrected chi connectivity index (χ1v) is 5.88. The molecule has 0 unspecified atom stereocenters. The number of anilines is 1. The van der Waals surface area contributed by atoms with Crippen molar-refractivity contribution in [2.45, 2.75) is 26.9 Å². The van der Waals surface area contributed by atoms with Gasteiger partial charge in [-0.2, -0.15) is 5.26 Å². The van der Waals surface area contributed by atoms with Gasteiger partial charge in [0, 0.05) is 13.6 Å². The number of benzene rings is 1. The van der Waals surface area contributed by atoms with Crippen LogP contribution in [-0.4, -0.2) is 26.3 Å². The highest BCUT2D eigenvalue weighted by Crippen LogP contribution is 2.23. The first kappa shape index (κ1) is 13.5. The number of aryl methyl sites for hydroxylation is 1. The fourth-order valence-corrected chi connectivity index (χ4v) is 1.79. The molecule has 0 N–H and O–H groups in total. The van der Waals surface area contributed by atoms with Gasteiger partial charge >= 0.3 is 0 Å². The maximum absolute atomic E-state index is 9.10. The number of rotatable bonds is 5. The maximum atomic E-state index is 9.10. The monoisotopic (exact) mass is 232 g/mol. The minimum Gasteiger partial charge on any atom is -0.377 e. The minimum absolute atomic E-state index is 0.246. The summed E-state index contributed by atoms with van der Waals surface area (Å²) in [5, 5.41) is 9.10. The predicted molar refractivity (Wildman–Crippen MR) is 70.3 cm³/mol. The second-order valence-corrected chi connectivity index (χ2v) is 4.42. The third kappa shape index (κ3) is 3.76. The Kier molecular flexibility index (Phi) is 4.99. The van der Waals surface area contributed by atoms with Crippen LogP contribution in [0.1, 0.15) is 25.0 Å². The third-order valence-electron chi connectivity index (χ3n) is 2.62. The highest BCUT2D eigenvalue weighted by atomic mass is 16.5. The van der Waals surface area contributed by atoms with Crippen molar-refractivity contribution in [1.82, 2.24) is 0 Å². The summed E-state index contributed by atoms with van der Waals surface area (Å²) in [4.78, 5) is 2.08. The van der Waals surface area contributed by atoms with E-state index in [0.29, 0.717) is 6.61 Å². The van der Waals surface area contributed by atoms with Crippen molar-refractivity contribution in [1.29, 1.82) is 5.26 Å². The van der Waals surface area contributed by atoms with E-state index in [9.17, 15) is 0 Å². The normalized spacial score (nSPS) is 10.4. The molecule has 0 aliphatic rings. The summed E-state index contributed by atoms with van der Waals surface area (Å²) >= 11 is 0. The largest absolute Gasteiger partial charge is 0.377 e. The molecule has 0 heterocycles. The number of para-hydroxylation sites is 1. The Morgan fingerprint density at radius 3 is 2.71 bits per heavy atom. The lowest BCUT2D eigenvalue weighted by Crippen LogP contribution is -2.25. The topological polar surface area (TPSA) is 36.3 Å². The minimum atomic E-state index is 0.246. The van der Waals surface area contributed by atoms with E-state index in [1.807, 2.05) is 46.0 Å². The Hall–Kier alpha value is -1.53. The molecule has 0 amide bonds. The van der Waals surface area contributed by atoms with Gasteiger partial charge in [0.15, 0.2) is 0 Å². The van der Waals surface area contributed by atoms with E-state index in [1.54, 1.807) is 0 Å². The van der Waals surface area contributed by atoms with Crippen LogP contribution >= 0.6 is 0 Å². The summed E-state index contributed by atoms with van der Waals surface area (Å²) in [6, 6.07) is 8.02. The Labute approximate surface area is 104 Å². The van der Waals surface area contributed by atoms with Crippen molar-refractivity contribution in [2.75, 3.05) is 25.1 Å². The van der Waals surface area contributed by atoms with Crippen LogP contribution in [0.2, 0.25) is 0 Å². The smallest absolute Gasteiger partial charge is 0.101 e. The molecule has 0 aliphatic heterocycles. The second kappa shape index (κ2) is 6.27. The molecule has 0 aromatic heterocycles. The van der Waals surface area contributed by atoms with E-state index in [4.69, 9.17) is 10.00 Å². The van der Waals surface area contributed by atoms with Gasteiger partial charge in [-0.3, -0.25) is 0 Å². The molecule has 1 aromatic carbocycles. The van der Waals surface area contributed by atoms with Crippen LogP contribution in [0, 0.1) is 18.3 Å². The van der Waals surface area contributed by atoms with Gasteiger partial charge in [0.2, 0.25) is 0 Å². The first-order valence-electron chi connectivity index (χ1n) is 5.88. The van der Waals surface area contributed by atoms with Crippen molar-refractivity contribution in [2.24, 2.45) is 0 Å². The lowest BCUT2D eigenvalue weighted by molar-refractivity contribution is 0.0846. The Morgan fingerprint density at radius 2 is 2.12 bits per heavy atom. The molecule has 0 spiro atoms. The maximum Gasteiger partial charge on any atom is 0.101 e. The van der Waals surface area contributed by atoms with Crippen molar-refractivity contribution in [3.05, 3.63) is 29.3 Å². The molecule has 1 aromatic rings. The lowest BCUT2D eigenvalue weighted by Gasteiger charge is -2.23. The van der Waals surface area contributed by atoms with E-state index < -0.39 is 0 Å². The summed E-state index contributed by atoms with van der Waals surface area (Å²) in [6.07, 6.45) is 0.246. The zero-order valence-corrected chi connectivity index (χ0v) is 11.0. The van der Waals surface area contributed by atoms with Gasteiger partial charge in [0.1, 0.15) is 6.07 Å². The molecule has 17 heavy (non-hydrogen) atoms. The molecule has 0 fully saturated rings. The van der Waals surface area contributed by atoms with Crippen LogP contribution in [0.4, 0.5) is 5.69 Å². The Balaban J connectivity index is 2.75. The zero-order valence-electron chi connectivity index (χ0n) is 11.0. The molecule has 1 rings (SSSR count). The molecule has 92 valence electrons. The third-order valence-corrected chi connectivity index (χ3v) is 2.62. The summed E-state index contributed by atoms with van der Waals surface area (Å²) in [5.74, 6) is 0. The Bertz CT molecular complexity index is 407. The summed E-state index contributed by atoms with van der Waals surface area (Å²) in [6.45, 7) is 7.53. The molecular weight excluding hydrogens is 212 g/mol. The van der Waals surface area contributed by atoms with Gasteiger partial charge in [0.05, 0.1) is 24.0 Å². The van der Waals surface area contributed by atoms with Crippen LogP contribution in [0.3, 0.4) is 0 Å². The number of nitrogens with zero attached hydrogens (tertiary/aromatic N) is 2. The van der Waals surface area contributed by atoms with Gasteiger partial charge in [-0.15, -0.1) is 0 Å². The van der Waals surface area contributed by atoms with Gasteiger partial charge < -0.3 is 9.64 Å². The van der Waals surface area contributed by atoms with Crippen LogP contribution in [-0.2, 0) is 4.74 Å². The van der Waals surface area contributed by atoms with E-state index in [2.05, 4.69) is 11.0 Å². The number of likely N-dealkylation sites (N-methyl/N-ethyl adjacent to an activating group) is 1. The van der Waals surface area contributed by atoms with Crippen LogP contribution in [0.25, 0.3) is 0 Å². The van der Waals surface area contributed by atoms with Crippen LogP contribution in [0.5, 0.6) is 0 Å². The van der Waals surface area contributed by atoms with Gasteiger partial charge in [0.25, 0.3) is 0 Å². The van der Waals surface area contributed by atoms with Crippen molar-refractivity contribution in [3.8, 4) is 6.07 Å². The van der Waals surface area contributed by atoms with E-state index in [-0.39, 0.29) is 6.10 Å². The number of nitriles is 1. The average Bonchev–Trinajstić information content (AvgIpc) is 2.27. The van der Waals surface area contributed by atoms with Crippen LogP contribution < -0.4 is 4.90 Å². The average molecular weight is 232 g/mol. The predicted octanol–water partition coefficient (Wildman–Crippen LogP) is 2.73. The molecule has 3 heteroatoms. The van der Waals surface area contributed by atoms with Gasteiger partial charge in [-0.1, -0.05) is 12.1 Å². The van der Waals surface area contributed by atoms with E-state index >= 15 is 0 Å². The Morgan fingerprint density at radius 1 is 1.41 bits per heavy atom. The summed E-state index contributed by atoms with van der Waals surface area (Å²) < 4.78 is 5.52. The lowest BCUT2D eigenvalue weighted by atomic mass is 10.1. The highest BCUT2D eigenvalue weighted by molar-refractivity contribution is 5.63. The number of ether oxygens (including phenoxy) is 1. The SMILES string of the molecule is Cc1cccc(C#N)c1N(C)CCOC(C)C. The molecule has 0 aliphatic carbocycles. The van der Waals surface area contributed by atoms with E-state index in [0.717, 1.165) is 23.4 Å².